The van der Waals surface area contributed by atoms with Gasteiger partial charge in [-0.1, -0.05) is 85.0 Å². The van der Waals surface area contributed by atoms with Crippen molar-refractivity contribution in [3.8, 4) is 0 Å². The number of aliphatic hydroxyl groups excluding tert-OH is 2. The Morgan fingerprint density at radius 1 is 0.615 bits per heavy atom. The molecule has 26 heavy (non-hydrogen) atoms. The summed E-state index contributed by atoms with van der Waals surface area (Å²) >= 11 is 0. The molecule has 158 valence electrons. The summed E-state index contributed by atoms with van der Waals surface area (Å²) in [7, 11) is 0. The van der Waals surface area contributed by atoms with Gasteiger partial charge in [-0.3, -0.25) is 0 Å². The third-order valence-corrected chi connectivity index (χ3v) is 5.25. The van der Waals surface area contributed by atoms with Gasteiger partial charge in [0.2, 0.25) is 0 Å². The maximum Gasteiger partial charge on any atom is 0.105 e. The number of hydroxylamine groups is 3. The second-order valence-corrected chi connectivity index (χ2v) is 8.21. The second kappa shape index (κ2) is 17.0. The molecule has 0 radical (unpaired) electrons. The van der Waals surface area contributed by atoms with E-state index in [2.05, 4.69) is 6.92 Å². The van der Waals surface area contributed by atoms with Gasteiger partial charge in [-0.2, -0.15) is 0 Å². The summed E-state index contributed by atoms with van der Waals surface area (Å²) in [4.78, 5) is 0. The van der Waals surface area contributed by atoms with Crippen LogP contribution in [0, 0.1) is 5.21 Å². The number of aliphatic hydroxyl groups is 2. The lowest BCUT2D eigenvalue weighted by atomic mass is 10.1. The minimum absolute atomic E-state index is 0.228. The number of rotatable bonds is 19. The molecule has 0 aliphatic heterocycles. The molecule has 2 atom stereocenters. The molecule has 4 heteroatoms. The van der Waals surface area contributed by atoms with E-state index in [0.717, 1.165) is 25.7 Å². The maximum absolute atomic E-state index is 13.1. The Balaban J connectivity index is 4.05. The van der Waals surface area contributed by atoms with Crippen molar-refractivity contribution in [2.75, 3.05) is 19.6 Å². The highest BCUT2D eigenvalue weighted by Crippen LogP contribution is 2.16. The largest absolute Gasteiger partial charge is 0.633 e. The van der Waals surface area contributed by atoms with Crippen LogP contribution in [0.15, 0.2) is 0 Å². The van der Waals surface area contributed by atoms with Crippen molar-refractivity contribution in [3.05, 3.63) is 5.21 Å². The van der Waals surface area contributed by atoms with Crippen LogP contribution < -0.4 is 0 Å². The number of hydrogen-bond acceptors (Lipinski definition) is 3. The van der Waals surface area contributed by atoms with E-state index in [1.807, 2.05) is 13.8 Å². The standard InChI is InChI=1S/C22H47NO3/c1-4-7-8-9-10-11-12-13-14-15-18-23(26,19-21(24)16-5-2)20-22(25)17-6-3/h21-22,24-25H,4-20H2,1-3H3. The molecule has 0 aromatic rings. The summed E-state index contributed by atoms with van der Waals surface area (Å²) in [6.07, 6.45) is 14.5. The monoisotopic (exact) mass is 373 g/mol. The average Bonchev–Trinajstić information content (AvgIpc) is 2.56. The summed E-state index contributed by atoms with van der Waals surface area (Å²) < 4.78 is -0.431. The van der Waals surface area contributed by atoms with Gasteiger partial charge in [0.05, 0.1) is 6.54 Å². The first-order chi connectivity index (χ1) is 12.5. The van der Waals surface area contributed by atoms with Gasteiger partial charge >= 0.3 is 0 Å². The lowest BCUT2D eigenvalue weighted by Crippen LogP contribution is -2.51. The van der Waals surface area contributed by atoms with E-state index in [1.54, 1.807) is 0 Å². The van der Waals surface area contributed by atoms with Gasteiger partial charge in [0.25, 0.3) is 0 Å². The van der Waals surface area contributed by atoms with E-state index in [9.17, 15) is 15.4 Å². The fraction of sp³-hybridized carbons (Fsp3) is 1.00. The van der Waals surface area contributed by atoms with Crippen molar-refractivity contribution in [3.63, 3.8) is 0 Å². The summed E-state index contributed by atoms with van der Waals surface area (Å²) in [6.45, 7) is 7.28. The Morgan fingerprint density at radius 2 is 1.00 bits per heavy atom. The van der Waals surface area contributed by atoms with E-state index in [-0.39, 0.29) is 13.1 Å². The molecule has 0 aromatic carbocycles. The van der Waals surface area contributed by atoms with Crippen LogP contribution >= 0.6 is 0 Å². The topological polar surface area (TPSA) is 63.5 Å². The molecule has 0 amide bonds. The fourth-order valence-corrected chi connectivity index (χ4v) is 3.76. The molecule has 0 heterocycles. The molecule has 0 saturated carbocycles. The van der Waals surface area contributed by atoms with E-state index >= 15 is 0 Å². The van der Waals surface area contributed by atoms with Crippen LogP contribution in [-0.4, -0.2) is 46.7 Å². The molecule has 2 N–H and O–H groups in total. The number of quaternary nitrogens is 1. The highest BCUT2D eigenvalue weighted by molar-refractivity contribution is 4.61. The lowest BCUT2D eigenvalue weighted by molar-refractivity contribution is -0.887. The third-order valence-electron chi connectivity index (χ3n) is 5.25. The van der Waals surface area contributed by atoms with Crippen LogP contribution in [0.3, 0.4) is 0 Å². The Kier molecular flexibility index (Phi) is 16.9. The molecule has 4 nitrogen and oxygen atoms in total. The minimum Gasteiger partial charge on any atom is -0.633 e. The lowest BCUT2D eigenvalue weighted by Gasteiger charge is -2.45. The first kappa shape index (κ1) is 25.8. The Labute approximate surface area is 163 Å². The van der Waals surface area contributed by atoms with E-state index < -0.39 is 16.9 Å². The molecule has 0 rings (SSSR count). The van der Waals surface area contributed by atoms with Crippen LogP contribution in [0.4, 0.5) is 0 Å². The van der Waals surface area contributed by atoms with Crippen LogP contribution in [-0.2, 0) is 0 Å². The van der Waals surface area contributed by atoms with Gasteiger partial charge in [-0.05, 0) is 25.7 Å². The van der Waals surface area contributed by atoms with Gasteiger partial charge < -0.3 is 20.1 Å². The molecule has 0 fully saturated rings. The van der Waals surface area contributed by atoms with E-state index in [0.29, 0.717) is 19.4 Å². The zero-order valence-corrected chi connectivity index (χ0v) is 17.9. The van der Waals surface area contributed by atoms with Gasteiger partial charge in [0, 0.05) is 0 Å². The van der Waals surface area contributed by atoms with Crippen LogP contribution in [0.1, 0.15) is 111 Å². The average molecular weight is 374 g/mol. The number of unbranched alkanes of at least 4 members (excludes halogenated alkanes) is 9. The zero-order chi connectivity index (χ0) is 19.7. The van der Waals surface area contributed by atoms with Crippen LogP contribution in [0.2, 0.25) is 0 Å². The molecular formula is C22H47NO3. The summed E-state index contributed by atoms with van der Waals surface area (Å²) in [5.41, 5.74) is 0. The van der Waals surface area contributed by atoms with Crippen molar-refractivity contribution >= 4 is 0 Å². The first-order valence-electron chi connectivity index (χ1n) is 11.4. The van der Waals surface area contributed by atoms with Crippen molar-refractivity contribution in [2.45, 2.75) is 123 Å². The predicted octanol–water partition coefficient (Wildman–Crippen LogP) is 5.54. The smallest absolute Gasteiger partial charge is 0.105 e. The molecule has 0 aromatic heterocycles. The fourth-order valence-electron chi connectivity index (χ4n) is 3.76. The van der Waals surface area contributed by atoms with Gasteiger partial charge in [0.1, 0.15) is 25.3 Å². The Morgan fingerprint density at radius 3 is 1.38 bits per heavy atom. The SMILES string of the molecule is CCCCCCCCCCCC[N+]([O-])(CC(O)CCC)CC(O)CCC. The van der Waals surface area contributed by atoms with Crippen molar-refractivity contribution in [1.29, 1.82) is 0 Å². The first-order valence-corrected chi connectivity index (χ1v) is 11.4. The molecule has 0 aliphatic rings. The van der Waals surface area contributed by atoms with Crippen LogP contribution in [0.5, 0.6) is 0 Å². The molecule has 0 saturated heterocycles. The molecular weight excluding hydrogens is 326 g/mol. The number of hydrogen-bond donors (Lipinski definition) is 2. The molecule has 0 bridgehead atoms. The predicted molar refractivity (Wildman–Crippen MR) is 112 cm³/mol. The molecule has 0 aliphatic carbocycles. The number of nitrogens with zero attached hydrogens (tertiary/aromatic N) is 1. The van der Waals surface area contributed by atoms with Gasteiger partial charge in [-0.25, -0.2) is 0 Å². The Bertz CT molecular complexity index is 285. The van der Waals surface area contributed by atoms with Crippen molar-refractivity contribution in [1.82, 2.24) is 0 Å². The quantitative estimate of drug-likeness (QED) is 0.177. The van der Waals surface area contributed by atoms with Crippen LogP contribution in [0.25, 0.3) is 0 Å². The van der Waals surface area contributed by atoms with Crippen molar-refractivity contribution < 1.29 is 14.9 Å². The zero-order valence-electron chi connectivity index (χ0n) is 17.9. The van der Waals surface area contributed by atoms with Crippen molar-refractivity contribution in [2.24, 2.45) is 0 Å². The van der Waals surface area contributed by atoms with E-state index in [4.69, 9.17) is 0 Å². The third kappa shape index (κ3) is 15.0. The second-order valence-electron chi connectivity index (χ2n) is 8.21. The molecule has 2 unspecified atom stereocenters. The highest BCUT2D eigenvalue weighted by atomic mass is 16.5. The summed E-state index contributed by atoms with van der Waals surface area (Å²) in [5, 5.41) is 33.3. The maximum atomic E-state index is 13.1. The van der Waals surface area contributed by atoms with Gasteiger partial charge in [-0.15, -0.1) is 0 Å². The summed E-state index contributed by atoms with van der Waals surface area (Å²) in [6, 6.07) is 0. The minimum atomic E-state index is -0.547. The normalized spacial score (nSPS) is 16.4. The Hall–Kier alpha value is -0.160. The molecule has 0 spiro atoms. The summed E-state index contributed by atoms with van der Waals surface area (Å²) in [5.74, 6) is 0. The highest BCUT2D eigenvalue weighted by Gasteiger charge is 2.24. The van der Waals surface area contributed by atoms with Gasteiger partial charge in [0.15, 0.2) is 0 Å². The van der Waals surface area contributed by atoms with E-state index in [1.165, 1.54) is 51.4 Å².